The van der Waals surface area contributed by atoms with E-state index in [9.17, 15) is 13.2 Å². The number of anilines is 1. The Morgan fingerprint density at radius 3 is 2.65 bits per heavy atom. The number of nitrogens with two attached hydrogens (primary N) is 1. The SMILES string of the molecule is Nc1cc(C(=O)NC2CCCS(=O)(=O)C2)cc(Cl)c1Cl. The summed E-state index contributed by atoms with van der Waals surface area (Å²) in [5.74, 6) is -0.258. The molecule has 1 aliphatic rings. The minimum absolute atomic E-state index is 0.0322. The smallest absolute Gasteiger partial charge is 0.251 e. The summed E-state index contributed by atoms with van der Waals surface area (Å²) < 4.78 is 23.0. The summed E-state index contributed by atoms with van der Waals surface area (Å²) in [5, 5.41) is 3.07. The van der Waals surface area contributed by atoms with E-state index in [1.165, 1.54) is 12.1 Å². The van der Waals surface area contributed by atoms with Gasteiger partial charge in [0, 0.05) is 11.6 Å². The molecule has 1 fully saturated rings. The maximum Gasteiger partial charge on any atom is 0.251 e. The number of nitrogens with one attached hydrogen (secondary N) is 1. The topological polar surface area (TPSA) is 89.3 Å². The molecule has 110 valence electrons. The lowest BCUT2D eigenvalue weighted by molar-refractivity contribution is 0.0938. The Labute approximate surface area is 127 Å². The van der Waals surface area contributed by atoms with Gasteiger partial charge in [0.2, 0.25) is 0 Å². The average molecular weight is 337 g/mol. The van der Waals surface area contributed by atoms with Crippen LogP contribution in [0.15, 0.2) is 12.1 Å². The van der Waals surface area contributed by atoms with Gasteiger partial charge in [0.1, 0.15) is 0 Å². The van der Waals surface area contributed by atoms with Crippen LogP contribution in [0.25, 0.3) is 0 Å². The Morgan fingerprint density at radius 2 is 2.05 bits per heavy atom. The van der Waals surface area contributed by atoms with Crippen LogP contribution < -0.4 is 11.1 Å². The molecule has 5 nitrogen and oxygen atoms in total. The lowest BCUT2D eigenvalue weighted by Crippen LogP contribution is -2.43. The molecule has 1 amide bonds. The largest absolute Gasteiger partial charge is 0.397 e. The molecule has 1 heterocycles. The van der Waals surface area contributed by atoms with Crippen molar-refractivity contribution in [2.75, 3.05) is 17.2 Å². The van der Waals surface area contributed by atoms with Crippen molar-refractivity contribution in [1.29, 1.82) is 0 Å². The zero-order valence-corrected chi connectivity index (χ0v) is 12.9. The summed E-state index contributed by atoms with van der Waals surface area (Å²) in [6.07, 6.45) is 1.19. The molecule has 3 N–H and O–H groups in total. The summed E-state index contributed by atoms with van der Waals surface area (Å²) in [6.45, 7) is 0. The lowest BCUT2D eigenvalue weighted by atomic mass is 10.1. The van der Waals surface area contributed by atoms with Gasteiger partial charge in [-0.25, -0.2) is 8.42 Å². The van der Waals surface area contributed by atoms with Gasteiger partial charge in [-0.1, -0.05) is 23.2 Å². The van der Waals surface area contributed by atoms with Gasteiger partial charge in [0.05, 0.1) is 27.2 Å². The monoisotopic (exact) mass is 336 g/mol. The average Bonchev–Trinajstić information content (AvgIpc) is 2.34. The second kappa shape index (κ2) is 5.79. The van der Waals surface area contributed by atoms with E-state index in [2.05, 4.69) is 5.32 Å². The van der Waals surface area contributed by atoms with E-state index < -0.39 is 15.7 Å². The molecular weight excluding hydrogens is 323 g/mol. The molecule has 2 rings (SSSR count). The van der Waals surface area contributed by atoms with Gasteiger partial charge >= 0.3 is 0 Å². The van der Waals surface area contributed by atoms with E-state index in [1.54, 1.807) is 0 Å². The maximum atomic E-state index is 12.1. The zero-order valence-electron chi connectivity index (χ0n) is 10.5. The third-order valence-electron chi connectivity index (χ3n) is 3.12. The van der Waals surface area contributed by atoms with Gasteiger partial charge in [0.15, 0.2) is 9.84 Å². The highest BCUT2D eigenvalue weighted by Crippen LogP contribution is 2.29. The fourth-order valence-corrected chi connectivity index (χ4v) is 4.12. The fraction of sp³-hybridized carbons (Fsp3) is 0.417. The van der Waals surface area contributed by atoms with Crippen LogP contribution in [0.4, 0.5) is 5.69 Å². The van der Waals surface area contributed by atoms with Gasteiger partial charge in [-0.15, -0.1) is 0 Å². The van der Waals surface area contributed by atoms with E-state index in [4.69, 9.17) is 28.9 Å². The molecule has 0 spiro atoms. The van der Waals surface area contributed by atoms with Gasteiger partial charge < -0.3 is 11.1 Å². The number of rotatable bonds is 2. The molecule has 0 aliphatic carbocycles. The number of sulfone groups is 1. The Kier molecular flexibility index (Phi) is 4.46. The van der Waals surface area contributed by atoms with E-state index in [0.717, 1.165) is 0 Å². The van der Waals surface area contributed by atoms with Crippen LogP contribution in [0.1, 0.15) is 23.2 Å². The first-order chi connectivity index (χ1) is 9.28. The minimum atomic E-state index is -3.07. The fourth-order valence-electron chi connectivity index (χ4n) is 2.15. The van der Waals surface area contributed by atoms with Crippen LogP contribution in [-0.4, -0.2) is 31.9 Å². The van der Waals surface area contributed by atoms with Gasteiger partial charge in [-0.2, -0.15) is 0 Å². The Hall–Kier alpha value is -0.980. The summed E-state index contributed by atoms with van der Waals surface area (Å²) in [5.41, 5.74) is 6.12. The molecule has 20 heavy (non-hydrogen) atoms. The van der Waals surface area contributed by atoms with Crippen LogP contribution in [0.5, 0.6) is 0 Å². The number of halogens is 2. The standard InChI is InChI=1S/C12H14Cl2N2O3S/c13-9-4-7(5-10(15)11(9)14)12(17)16-8-2-1-3-20(18,19)6-8/h4-5,8H,1-3,6,15H2,(H,16,17). The van der Waals surface area contributed by atoms with Crippen LogP contribution in [0.3, 0.4) is 0 Å². The summed E-state index contributed by atoms with van der Waals surface area (Å²) in [6, 6.07) is 2.45. The van der Waals surface area contributed by atoms with Crippen molar-refractivity contribution in [2.45, 2.75) is 18.9 Å². The highest BCUT2D eigenvalue weighted by atomic mass is 35.5. The molecule has 1 aliphatic heterocycles. The Balaban J connectivity index is 2.13. The van der Waals surface area contributed by atoms with Crippen molar-refractivity contribution in [3.05, 3.63) is 27.7 Å². The first-order valence-electron chi connectivity index (χ1n) is 6.04. The maximum absolute atomic E-state index is 12.1. The first kappa shape index (κ1) is 15.4. The highest BCUT2D eigenvalue weighted by molar-refractivity contribution is 7.91. The van der Waals surface area contributed by atoms with E-state index in [0.29, 0.717) is 12.8 Å². The summed E-state index contributed by atoms with van der Waals surface area (Å²) in [4.78, 5) is 12.1. The first-order valence-corrected chi connectivity index (χ1v) is 8.62. The van der Waals surface area contributed by atoms with Crippen LogP contribution in [0.2, 0.25) is 10.0 Å². The molecule has 1 saturated heterocycles. The number of hydrogen-bond donors (Lipinski definition) is 2. The summed E-state index contributed by atoms with van der Waals surface area (Å²) >= 11 is 11.7. The van der Waals surface area contributed by atoms with Crippen molar-refractivity contribution in [3.8, 4) is 0 Å². The van der Waals surface area contributed by atoms with Gasteiger partial charge in [0.25, 0.3) is 5.91 Å². The number of hydrogen-bond acceptors (Lipinski definition) is 4. The minimum Gasteiger partial charge on any atom is -0.397 e. The molecule has 1 atom stereocenters. The number of nitrogen functional groups attached to an aromatic ring is 1. The highest BCUT2D eigenvalue weighted by Gasteiger charge is 2.26. The van der Waals surface area contributed by atoms with Gasteiger partial charge in [-0.3, -0.25) is 4.79 Å². The predicted molar refractivity (Wildman–Crippen MR) is 80.0 cm³/mol. The van der Waals surface area contributed by atoms with E-state index in [-0.39, 0.29) is 38.8 Å². The number of carbonyl (C=O) groups is 1. The van der Waals surface area contributed by atoms with Crippen LogP contribution >= 0.6 is 23.2 Å². The normalized spacial score (nSPS) is 21.4. The van der Waals surface area contributed by atoms with Gasteiger partial charge in [-0.05, 0) is 25.0 Å². The van der Waals surface area contributed by atoms with Crippen molar-refractivity contribution in [1.82, 2.24) is 5.32 Å². The number of benzene rings is 1. The zero-order chi connectivity index (χ0) is 14.9. The van der Waals surface area contributed by atoms with Crippen molar-refractivity contribution >= 4 is 44.6 Å². The Morgan fingerprint density at radius 1 is 1.35 bits per heavy atom. The second-order valence-corrected chi connectivity index (χ2v) is 7.80. The molecule has 0 saturated carbocycles. The van der Waals surface area contributed by atoms with E-state index >= 15 is 0 Å². The molecule has 1 aromatic rings. The van der Waals surface area contributed by atoms with Crippen molar-refractivity contribution in [3.63, 3.8) is 0 Å². The van der Waals surface area contributed by atoms with Crippen LogP contribution in [0, 0.1) is 0 Å². The molecule has 0 bridgehead atoms. The second-order valence-electron chi connectivity index (χ2n) is 4.79. The molecular formula is C12H14Cl2N2O3S. The van der Waals surface area contributed by atoms with Crippen LogP contribution in [-0.2, 0) is 9.84 Å². The van der Waals surface area contributed by atoms with Crippen molar-refractivity contribution < 1.29 is 13.2 Å². The molecule has 1 unspecified atom stereocenters. The van der Waals surface area contributed by atoms with Crippen molar-refractivity contribution in [2.24, 2.45) is 0 Å². The number of carbonyl (C=O) groups excluding carboxylic acids is 1. The lowest BCUT2D eigenvalue weighted by Gasteiger charge is -2.23. The van der Waals surface area contributed by atoms with E-state index in [1.807, 2.05) is 0 Å². The molecule has 0 aromatic heterocycles. The Bertz CT molecular complexity index is 623. The third-order valence-corrected chi connectivity index (χ3v) is 5.75. The summed E-state index contributed by atoms with van der Waals surface area (Å²) in [7, 11) is -3.07. The molecule has 1 aromatic carbocycles. The third kappa shape index (κ3) is 3.56. The molecule has 8 heteroatoms. The predicted octanol–water partition coefficient (Wildman–Crippen LogP) is 1.88. The quantitative estimate of drug-likeness (QED) is 0.807. The molecule has 0 radical (unpaired) electrons. The number of amides is 1.